The highest BCUT2D eigenvalue weighted by atomic mass is 16.5. The number of hydrogen-bond donors (Lipinski definition) is 1. The van der Waals surface area contributed by atoms with Crippen LogP contribution in [0.4, 0.5) is 4.79 Å². The van der Waals surface area contributed by atoms with Crippen molar-refractivity contribution in [3.8, 4) is 5.75 Å². The summed E-state index contributed by atoms with van der Waals surface area (Å²) >= 11 is 0. The van der Waals surface area contributed by atoms with E-state index < -0.39 is 18.2 Å². The van der Waals surface area contributed by atoms with Crippen LogP contribution in [-0.2, 0) is 27.5 Å². The van der Waals surface area contributed by atoms with E-state index in [4.69, 9.17) is 4.74 Å². The van der Waals surface area contributed by atoms with Gasteiger partial charge in [-0.3, -0.25) is 19.4 Å². The number of carbonyl (C=O) groups excluding carboxylic acids is 4. The van der Waals surface area contributed by atoms with E-state index in [1.165, 1.54) is 19.3 Å². The quantitative estimate of drug-likeness (QED) is 0.0667. The molecular weight excluding hydrogens is 705 g/mol. The molecule has 56 heavy (non-hydrogen) atoms. The van der Waals surface area contributed by atoms with Crippen LogP contribution >= 0.6 is 0 Å². The van der Waals surface area contributed by atoms with Crippen molar-refractivity contribution in [3.63, 3.8) is 0 Å². The van der Waals surface area contributed by atoms with Crippen LogP contribution in [0.5, 0.6) is 5.75 Å². The highest BCUT2D eigenvalue weighted by molar-refractivity contribution is 5.92. The molecule has 4 amide bonds. The Morgan fingerprint density at radius 3 is 2.36 bits per heavy atom. The summed E-state index contributed by atoms with van der Waals surface area (Å²) in [5, 5.41) is 7.31. The Morgan fingerprint density at radius 1 is 0.875 bits per heavy atom. The van der Waals surface area contributed by atoms with Gasteiger partial charge in [0.05, 0.1) is 18.1 Å². The molecule has 3 aromatic carbocycles. The maximum atomic E-state index is 15.0. The first-order valence-electron chi connectivity index (χ1n) is 20.3. The van der Waals surface area contributed by atoms with Gasteiger partial charge in [-0.25, -0.2) is 14.8 Å². The van der Waals surface area contributed by atoms with Gasteiger partial charge in [0.25, 0.3) is 0 Å². The van der Waals surface area contributed by atoms with Gasteiger partial charge in [-0.15, -0.1) is 0 Å². The monoisotopic (exact) mass is 760 g/mol. The van der Waals surface area contributed by atoms with E-state index >= 15 is 0 Å². The van der Waals surface area contributed by atoms with Crippen molar-refractivity contribution in [3.05, 3.63) is 108 Å². The molecule has 1 N–H and O–H groups in total. The fourth-order valence-electron chi connectivity index (χ4n) is 8.23. The molecule has 0 spiro atoms. The second-order valence-corrected chi connectivity index (χ2v) is 15.2. The van der Waals surface area contributed by atoms with Gasteiger partial charge in [-0.1, -0.05) is 125 Å². The van der Waals surface area contributed by atoms with E-state index in [0.29, 0.717) is 25.1 Å². The normalized spacial score (nSPS) is 19.2. The fraction of sp³-hybridized carbons (Fsp3) is 0.444. The molecule has 6 rings (SSSR count). The summed E-state index contributed by atoms with van der Waals surface area (Å²) in [5.74, 6) is -0.238. The molecular formula is C45H56N6O5. The predicted molar refractivity (Wildman–Crippen MR) is 217 cm³/mol. The molecule has 11 nitrogen and oxygen atoms in total. The van der Waals surface area contributed by atoms with E-state index in [-0.39, 0.29) is 49.2 Å². The van der Waals surface area contributed by atoms with Gasteiger partial charge in [0, 0.05) is 38.1 Å². The van der Waals surface area contributed by atoms with E-state index in [2.05, 4.69) is 17.2 Å². The zero-order valence-corrected chi connectivity index (χ0v) is 33.0. The highest BCUT2D eigenvalue weighted by Gasteiger charge is 2.54. The van der Waals surface area contributed by atoms with Gasteiger partial charge in [0.15, 0.2) is 0 Å². The minimum atomic E-state index is -0.833. The summed E-state index contributed by atoms with van der Waals surface area (Å²) in [6.45, 7) is 4.64. The molecule has 0 radical (unpaired) electrons. The second kappa shape index (κ2) is 19.5. The number of benzene rings is 3. The number of nitrogens with zero attached hydrogens (tertiary/aromatic N) is 5. The molecule has 2 aliphatic heterocycles. The molecule has 2 unspecified atom stereocenters. The van der Waals surface area contributed by atoms with E-state index in [9.17, 15) is 19.2 Å². The SMILES string of the molecule is CCCCCCCCC(CCC(=O)Oc1ccccc1)C[C@H]1C(=O)N(Cc2cccc3cccnc23)[C@@H](C)C2N1C(=O)CN(C)N2C(=O)NCc1ccccc1. The number of esters is 1. The van der Waals surface area contributed by atoms with Crippen molar-refractivity contribution in [1.29, 1.82) is 0 Å². The van der Waals surface area contributed by atoms with Crippen LogP contribution in [0.2, 0.25) is 0 Å². The van der Waals surface area contributed by atoms with Crippen molar-refractivity contribution >= 4 is 34.7 Å². The Kier molecular flexibility index (Phi) is 14.1. The Balaban J connectivity index is 1.30. The Morgan fingerprint density at radius 2 is 1.59 bits per heavy atom. The third-order valence-corrected chi connectivity index (χ3v) is 11.2. The minimum Gasteiger partial charge on any atom is -0.427 e. The number of rotatable bonds is 17. The first-order valence-corrected chi connectivity index (χ1v) is 20.3. The number of piperazine rings is 1. The average Bonchev–Trinajstić information content (AvgIpc) is 3.21. The number of carbonyl (C=O) groups is 4. The number of ether oxygens (including phenoxy) is 1. The van der Waals surface area contributed by atoms with Gasteiger partial charge in [-0.05, 0) is 55.0 Å². The van der Waals surface area contributed by atoms with E-state index in [1.54, 1.807) is 40.3 Å². The van der Waals surface area contributed by atoms with Gasteiger partial charge >= 0.3 is 12.0 Å². The van der Waals surface area contributed by atoms with Crippen molar-refractivity contribution in [2.45, 2.75) is 109 Å². The number of hydrazine groups is 1. The van der Waals surface area contributed by atoms with Gasteiger partial charge in [0.2, 0.25) is 11.8 Å². The molecule has 11 heteroatoms. The third kappa shape index (κ3) is 9.92. The summed E-state index contributed by atoms with van der Waals surface area (Å²) in [4.78, 5) is 64.7. The third-order valence-electron chi connectivity index (χ3n) is 11.2. The predicted octanol–water partition coefficient (Wildman–Crippen LogP) is 7.70. The zero-order chi connectivity index (χ0) is 39.4. The maximum absolute atomic E-state index is 15.0. The van der Waals surface area contributed by atoms with Crippen LogP contribution in [0, 0.1) is 5.92 Å². The molecule has 0 aliphatic carbocycles. The molecule has 2 aliphatic rings. The lowest BCUT2D eigenvalue weighted by molar-refractivity contribution is -0.197. The van der Waals surface area contributed by atoms with Crippen LogP contribution < -0.4 is 10.1 Å². The summed E-state index contributed by atoms with van der Waals surface area (Å²) < 4.78 is 5.65. The lowest BCUT2D eigenvalue weighted by atomic mass is 9.86. The zero-order valence-electron chi connectivity index (χ0n) is 33.0. The summed E-state index contributed by atoms with van der Waals surface area (Å²) in [5.41, 5.74) is 2.64. The van der Waals surface area contributed by atoms with Crippen molar-refractivity contribution < 1.29 is 23.9 Å². The Labute approximate surface area is 331 Å². The lowest BCUT2D eigenvalue weighted by Gasteiger charge is -2.57. The van der Waals surface area contributed by atoms with Crippen LogP contribution in [0.25, 0.3) is 10.9 Å². The average molecular weight is 761 g/mol. The van der Waals surface area contributed by atoms with Crippen molar-refractivity contribution in [2.75, 3.05) is 13.6 Å². The second-order valence-electron chi connectivity index (χ2n) is 15.2. The molecule has 4 atom stereocenters. The molecule has 3 heterocycles. The van der Waals surface area contributed by atoms with Crippen LogP contribution in [0.3, 0.4) is 0 Å². The number of nitrogens with one attached hydrogen (secondary N) is 1. The van der Waals surface area contributed by atoms with Crippen LogP contribution in [-0.4, -0.2) is 80.5 Å². The van der Waals surface area contributed by atoms with Gasteiger partial charge in [-0.2, -0.15) is 0 Å². The standard InChI is InChI=1S/C45H56N6O5/c1-4-5-6-7-8-11-18-34(26-27-41(53)56-38-24-14-10-15-25-38)29-39-44(54)49(31-37-22-16-21-36-23-17-28-46-42(36)37)33(2)43-50(39)40(52)32-48(3)51(43)45(55)47-30-35-19-12-9-13-20-35/h9-10,12-17,19-25,28,33-34,39,43H,4-8,11,18,26-27,29-32H2,1-3H3,(H,47,55)/t33-,34?,39-,43?/m0/s1. The lowest BCUT2D eigenvalue weighted by Crippen LogP contribution is -2.78. The van der Waals surface area contributed by atoms with Gasteiger partial charge < -0.3 is 19.9 Å². The number of likely N-dealkylation sites (N-methyl/N-ethyl adjacent to an activating group) is 1. The minimum absolute atomic E-state index is 0.0404. The highest BCUT2D eigenvalue weighted by Crippen LogP contribution is 2.36. The first kappa shape index (κ1) is 40.4. The Hall–Kier alpha value is -5.29. The number of para-hydroxylation sites is 2. The molecule has 296 valence electrons. The number of urea groups is 1. The summed E-state index contributed by atoms with van der Waals surface area (Å²) in [6.07, 6.45) is 9.58. The number of pyridine rings is 1. The molecule has 4 aromatic rings. The number of amides is 4. The van der Waals surface area contributed by atoms with Crippen LogP contribution in [0.1, 0.15) is 89.2 Å². The number of fused-ring (bicyclic) bond motifs is 2. The summed E-state index contributed by atoms with van der Waals surface area (Å²) in [6, 6.07) is 26.8. The largest absolute Gasteiger partial charge is 0.427 e. The number of unbranched alkanes of at least 4 members (excludes halogenated alkanes) is 5. The number of aromatic nitrogens is 1. The van der Waals surface area contributed by atoms with Crippen molar-refractivity contribution in [2.24, 2.45) is 5.92 Å². The molecule has 2 saturated heterocycles. The Bertz CT molecular complexity index is 1920. The molecule has 2 fully saturated rings. The van der Waals surface area contributed by atoms with E-state index in [1.807, 2.05) is 90.7 Å². The maximum Gasteiger partial charge on any atom is 0.334 e. The molecule has 0 saturated carbocycles. The molecule has 1 aromatic heterocycles. The smallest absolute Gasteiger partial charge is 0.334 e. The van der Waals surface area contributed by atoms with Gasteiger partial charge in [0.1, 0.15) is 18.0 Å². The summed E-state index contributed by atoms with van der Waals surface area (Å²) in [7, 11) is 1.74. The fourth-order valence-corrected chi connectivity index (χ4v) is 8.23. The first-order chi connectivity index (χ1) is 27.2. The van der Waals surface area contributed by atoms with E-state index in [0.717, 1.165) is 47.7 Å². The van der Waals surface area contributed by atoms with Crippen molar-refractivity contribution in [1.82, 2.24) is 30.1 Å². The topological polar surface area (TPSA) is 115 Å². The van der Waals surface area contributed by atoms with Crippen LogP contribution in [0.15, 0.2) is 97.2 Å². The number of hydrogen-bond acceptors (Lipinski definition) is 7. The molecule has 0 bridgehead atoms.